The summed E-state index contributed by atoms with van der Waals surface area (Å²) >= 11 is 0. The molecule has 4 nitrogen and oxygen atoms in total. The lowest BCUT2D eigenvalue weighted by atomic mass is 10.1. The second-order valence-corrected chi connectivity index (χ2v) is 2.98. The lowest BCUT2D eigenvalue weighted by molar-refractivity contribution is 0.477. The molecule has 1 aromatic heterocycles. The molecule has 17 heavy (non-hydrogen) atoms. The summed E-state index contributed by atoms with van der Waals surface area (Å²) in [4.78, 5) is 4.00. The Hall–Kier alpha value is -1.91. The largest absolute Gasteiger partial charge is 0.507 e. The van der Waals surface area contributed by atoms with Crippen molar-refractivity contribution in [3.63, 3.8) is 0 Å². The Labute approximate surface area is 102 Å². The van der Waals surface area contributed by atoms with E-state index >= 15 is 0 Å². The first-order valence-corrected chi connectivity index (χ1v) is 5.48. The maximum Gasteiger partial charge on any atom is 0.142 e. The highest BCUT2D eigenvalue weighted by atomic mass is 16.3. The molecule has 0 amide bonds. The summed E-state index contributed by atoms with van der Waals surface area (Å²) in [5.74, 6) is 0.642. The first-order chi connectivity index (χ1) is 8.31. The van der Waals surface area contributed by atoms with Gasteiger partial charge in [-0.2, -0.15) is 0 Å². The molecule has 0 atom stereocenters. The third-order valence-electron chi connectivity index (χ3n) is 1.97. The van der Waals surface area contributed by atoms with Crippen molar-refractivity contribution in [3.05, 3.63) is 36.3 Å². The SMILES string of the molecule is CC.[B]Cc1ncc(-c2ccccc2O)nn1. The monoisotopic (exact) mass is 227 g/mol. The molecule has 0 fully saturated rings. The summed E-state index contributed by atoms with van der Waals surface area (Å²) in [7, 11) is 5.35. The molecule has 0 saturated heterocycles. The average molecular weight is 227 g/mol. The van der Waals surface area contributed by atoms with Gasteiger partial charge < -0.3 is 5.11 Å². The Kier molecular flexibility index (Phi) is 5.13. The predicted octanol–water partition coefficient (Wildman–Crippen LogP) is 1.94. The summed E-state index contributed by atoms with van der Waals surface area (Å²) in [5, 5.41) is 17.3. The zero-order chi connectivity index (χ0) is 12.7. The van der Waals surface area contributed by atoms with E-state index in [1.165, 1.54) is 0 Å². The number of phenolic OH excluding ortho intramolecular Hbond substituents is 1. The van der Waals surface area contributed by atoms with E-state index in [1.54, 1.807) is 24.4 Å². The van der Waals surface area contributed by atoms with Crippen LogP contribution in [0.5, 0.6) is 5.75 Å². The van der Waals surface area contributed by atoms with E-state index < -0.39 is 0 Å². The van der Waals surface area contributed by atoms with Gasteiger partial charge in [-0.1, -0.05) is 26.0 Å². The number of aromatic hydroxyl groups is 1. The predicted molar refractivity (Wildman–Crippen MR) is 67.7 cm³/mol. The van der Waals surface area contributed by atoms with Crippen LogP contribution in [0, 0.1) is 0 Å². The van der Waals surface area contributed by atoms with E-state index in [1.807, 2.05) is 19.9 Å². The van der Waals surface area contributed by atoms with Crippen LogP contribution in [0.15, 0.2) is 30.5 Å². The van der Waals surface area contributed by atoms with Crippen molar-refractivity contribution in [2.45, 2.75) is 20.2 Å². The summed E-state index contributed by atoms with van der Waals surface area (Å²) in [6, 6.07) is 6.90. The third-order valence-corrected chi connectivity index (χ3v) is 1.97. The maximum atomic E-state index is 9.57. The van der Waals surface area contributed by atoms with E-state index in [9.17, 15) is 5.11 Å². The van der Waals surface area contributed by atoms with Gasteiger partial charge in [0.05, 0.1) is 14.0 Å². The third kappa shape index (κ3) is 3.27. The Bertz CT molecular complexity index is 460. The molecule has 2 rings (SSSR count). The van der Waals surface area contributed by atoms with Gasteiger partial charge in [-0.15, -0.1) is 10.2 Å². The van der Waals surface area contributed by atoms with Crippen molar-refractivity contribution < 1.29 is 5.11 Å². The van der Waals surface area contributed by atoms with Crippen molar-refractivity contribution in [2.75, 3.05) is 0 Å². The molecule has 0 spiro atoms. The lowest BCUT2D eigenvalue weighted by Crippen LogP contribution is -1.98. The van der Waals surface area contributed by atoms with E-state index in [0.717, 1.165) is 0 Å². The molecular weight excluding hydrogens is 213 g/mol. The highest BCUT2D eigenvalue weighted by molar-refractivity contribution is 6.07. The van der Waals surface area contributed by atoms with Gasteiger partial charge in [-0.25, -0.2) is 4.98 Å². The number of hydrogen-bond acceptors (Lipinski definition) is 4. The maximum absolute atomic E-state index is 9.57. The molecule has 0 bridgehead atoms. The number of aromatic nitrogens is 3. The second kappa shape index (κ2) is 6.63. The van der Waals surface area contributed by atoms with Gasteiger partial charge >= 0.3 is 0 Å². The van der Waals surface area contributed by atoms with Crippen LogP contribution >= 0.6 is 0 Å². The van der Waals surface area contributed by atoms with Crippen LogP contribution in [-0.2, 0) is 6.32 Å². The lowest BCUT2D eigenvalue weighted by Gasteiger charge is -2.02. The number of phenols is 1. The smallest absolute Gasteiger partial charge is 0.142 e. The van der Waals surface area contributed by atoms with Crippen molar-refractivity contribution in [3.8, 4) is 17.0 Å². The van der Waals surface area contributed by atoms with E-state index in [4.69, 9.17) is 7.85 Å². The minimum Gasteiger partial charge on any atom is -0.507 e. The van der Waals surface area contributed by atoms with Crippen LogP contribution in [0.3, 0.4) is 0 Å². The first kappa shape index (κ1) is 13.2. The van der Waals surface area contributed by atoms with Crippen molar-refractivity contribution in [1.29, 1.82) is 0 Å². The molecule has 0 unspecified atom stereocenters. The van der Waals surface area contributed by atoms with Gasteiger partial charge in [0.2, 0.25) is 0 Å². The molecule has 5 heteroatoms. The highest BCUT2D eigenvalue weighted by Crippen LogP contribution is 2.25. The first-order valence-electron chi connectivity index (χ1n) is 5.48. The number of hydrogen-bond donors (Lipinski definition) is 1. The van der Waals surface area contributed by atoms with Gasteiger partial charge in [-0.05, 0) is 18.5 Å². The van der Waals surface area contributed by atoms with Crippen molar-refractivity contribution >= 4 is 7.85 Å². The topological polar surface area (TPSA) is 58.9 Å². The normalized spacial score (nSPS) is 9.29. The summed E-state index contributed by atoms with van der Waals surface area (Å²) < 4.78 is 0. The Morgan fingerprint density at radius 2 is 1.88 bits per heavy atom. The van der Waals surface area contributed by atoms with Gasteiger partial charge in [0.25, 0.3) is 0 Å². The standard InChI is InChI=1S/C10H8BN3O.C2H6/c11-5-10-12-6-8(13-14-10)7-3-1-2-4-9(7)15;1-2/h1-4,6,15H,5H2;1-2H3. The number of benzene rings is 1. The minimum atomic E-state index is 0.161. The molecule has 0 aliphatic carbocycles. The van der Waals surface area contributed by atoms with Crippen molar-refractivity contribution in [2.24, 2.45) is 0 Å². The fraction of sp³-hybridized carbons (Fsp3) is 0.250. The average Bonchev–Trinajstić information content (AvgIpc) is 2.42. The zero-order valence-corrected chi connectivity index (χ0v) is 9.96. The molecule has 2 radical (unpaired) electrons. The molecule has 1 heterocycles. The fourth-order valence-electron chi connectivity index (χ4n) is 1.21. The van der Waals surface area contributed by atoms with E-state index in [-0.39, 0.29) is 12.1 Å². The molecule has 0 aliphatic rings. The number of rotatable bonds is 2. The molecule has 2 aromatic rings. The Morgan fingerprint density at radius 3 is 2.41 bits per heavy atom. The zero-order valence-electron chi connectivity index (χ0n) is 9.96. The Balaban J connectivity index is 0.000000686. The molecule has 1 N–H and O–H groups in total. The van der Waals surface area contributed by atoms with Crippen LogP contribution in [0.4, 0.5) is 0 Å². The van der Waals surface area contributed by atoms with Gasteiger partial charge in [0, 0.05) is 5.56 Å². The van der Waals surface area contributed by atoms with E-state index in [0.29, 0.717) is 17.1 Å². The van der Waals surface area contributed by atoms with E-state index in [2.05, 4.69) is 15.2 Å². The fourth-order valence-corrected chi connectivity index (χ4v) is 1.21. The number of nitrogens with zero attached hydrogens (tertiary/aromatic N) is 3. The molecule has 0 aliphatic heterocycles. The van der Waals surface area contributed by atoms with Crippen LogP contribution in [0.2, 0.25) is 0 Å². The van der Waals surface area contributed by atoms with Crippen molar-refractivity contribution in [1.82, 2.24) is 15.2 Å². The van der Waals surface area contributed by atoms with Crippen LogP contribution < -0.4 is 0 Å². The van der Waals surface area contributed by atoms with Gasteiger partial charge in [0.15, 0.2) is 0 Å². The quantitative estimate of drug-likeness (QED) is 0.796. The second-order valence-electron chi connectivity index (χ2n) is 2.98. The minimum absolute atomic E-state index is 0.161. The molecular formula is C12H14BN3O. The molecule has 1 aromatic carbocycles. The summed E-state index contributed by atoms with van der Waals surface area (Å²) in [6.45, 7) is 4.00. The van der Waals surface area contributed by atoms with Crippen LogP contribution in [0.1, 0.15) is 19.7 Å². The van der Waals surface area contributed by atoms with Gasteiger partial charge in [0.1, 0.15) is 17.3 Å². The van der Waals surface area contributed by atoms with Crippen LogP contribution in [-0.4, -0.2) is 28.1 Å². The molecule has 0 saturated carbocycles. The number of para-hydroxylation sites is 1. The summed E-state index contributed by atoms with van der Waals surface area (Å²) in [6.07, 6.45) is 1.80. The summed E-state index contributed by atoms with van der Waals surface area (Å²) in [5.41, 5.74) is 1.14. The Morgan fingerprint density at radius 1 is 1.18 bits per heavy atom. The van der Waals surface area contributed by atoms with Crippen LogP contribution in [0.25, 0.3) is 11.3 Å². The van der Waals surface area contributed by atoms with Gasteiger partial charge in [-0.3, -0.25) is 0 Å². The highest BCUT2D eigenvalue weighted by Gasteiger charge is 2.05. The molecule has 86 valence electrons.